The van der Waals surface area contributed by atoms with Gasteiger partial charge in [-0.2, -0.15) is 0 Å². The van der Waals surface area contributed by atoms with Gasteiger partial charge in [-0.15, -0.1) is 0 Å². The normalized spacial score (nSPS) is 25.4. The molecule has 1 fully saturated rings. The SMILES string of the molecule is CNC(c1cccc(C)c1)C1CCCC(S(C)(=O)=O)C1. The van der Waals surface area contributed by atoms with Crippen LogP contribution in [0.15, 0.2) is 24.3 Å². The first kappa shape index (κ1) is 15.5. The van der Waals surface area contributed by atoms with Crippen LogP contribution >= 0.6 is 0 Å². The molecule has 1 aliphatic carbocycles. The lowest BCUT2D eigenvalue weighted by atomic mass is 9.80. The number of hydrogen-bond donors (Lipinski definition) is 1. The molecule has 3 atom stereocenters. The van der Waals surface area contributed by atoms with Gasteiger partial charge in [0.1, 0.15) is 9.84 Å². The van der Waals surface area contributed by atoms with E-state index in [4.69, 9.17) is 0 Å². The number of rotatable bonds is 4. The summed E-state index contributed by atoms with van der Waals surface area (Å²) in [5.41, 5.74) is 2.52. The van der Waals surface area contributed by atoms with Gasteiger partial charge in [-0.05, 0) is 44.7 Å². The maximum absolute atomic E-state index is 11.8. The topological polar surface area (TPSA) is 46.2 Å². The second kappa shape index (κ2) is 6.27. The van der Waals surface area contributed by atoms with Crippen LogP contribution in [0.25, 0.3) is 0 Å². The maximum Gasteiger partial charge on any atom is 0.150 e. The summed E-state index contributed by atoms with van der Waals surface area (Å²) in [5.74, 6) is 0.398. The monoisotopic (exact) mass is 295 g/mol. The Kier molecular flexibility index (Phi) is 4.86. The van der Waals surface area contributed by atoms with Gasteiger partial charge in [-0.25, -0.2) is 8.42 Å². The van der Waals surface area contributed by atoms with Crippen LogP contribution in [0.5, 0.6) is 0 Å². The van der Waals surface area contributed by atoms with Crippen LogP contribution in [0.1, 0.15) is 42.9 Å². The predicted molar refractivity (Wildman–Crippen MR) is 83.6 cm³/mol. The van der Waals surface area contributed by atoms with Gasteiger partial charge in [0.25, 0.3) is 0 Å². The van der Waals surface area contributed by atoms with E-state index in [0.717, 1.165) is 25.7 Å². The minimum Gasteiger partial charge on any atom is -0.313 e. The standard InChI is InChI=1S/C16H25NO2S/c1-12-6-4-7-13(10-12)16(17-2)14-8-5-9-15(11-14)20(3,18)19/h4,6-7,10,14-17H,5,8-9,11H2,1-3H3. The van der Waals surface area contributed by atoms with E-state index in [1.807, 2.05) is 7.05 Å². The summed E-state index contributed by atoms with van der Waals surface area (Å²) < 4.78 is 23.6. The third kappa shape index (κ3) is 3.61. The molecule has 1 saturated carbocycles. The summed E-state index contributed by atoms with van der Waals surface area (Å²) >= 11 is 0. The molecule has 0 aliphatic heterocycles. The zero-order valence-corrected chi connectivity index (χ0v) is 13.4. The van der Waals surface area contributed by atoms with Crippen molar-refractivity contribution in [2.75, 3.05) is 13.3 Å². The minimum absolute atomic E-state index is 0.165. The van der Waals surface area contributed by atoms with Crippen molar-refractivity contribution in [3.05, 3.63) is 35.4 Å². The van der Waals surface area contributed by atoms with E-state index in [2.05, 4.69) is 36.5 Å². The molecular formula is C16H25NO2S. The number of hydrogen-bond acceptors (Lipinski definition) is 3. The van der Waals surface area contributed by atoms with Gasteiger partial charge in [0, 0.05) is 12.3 Å². The summed E-state index contributed by atoms with van der Waals surface area (Å²) in [7, 11) is -0.949. The van der Waals surface area contributed by atoms with Crippen molar-refractivity contribution in [3.8, 4) is 0 Å². The molecule has 0 heterocycles. The van der Waals surface area contributed by atoms with E-state index in [-0.39, 0.29) is 11.3 Å². The van der Waals surface area contributed by atoms with Crippen molar-refractivity contribution in [2.45, 2.75) is 43.9 Å². The number of nitrogens with one attached hydrogen (secondary N) is 1. The highest BCUT2D eigenvalue weighted by Crippen LogP contribution is 2.36. The molecule has 1 aliphatic rings. The molecule has 20 heavy (non-hydrogen) atoms. The summed E-state index contributed by atoms with van der Waals surface area (Å²) in [5, 5.41) is 3.23. The van der Waals surface area contributed by atoms with E-state index >= 15 is 0 Å². The minimum atomic E-state index is -2.92. The fourth-order valence-electron chi connectivity index (χ4n) is 3.41. The molecule has 2 rings (SSSR count). The molecule has 1 N–H and O–H groups in total. The van der Waals surface area contributed by atoms with Crippen LogP contribution < -0.4 is 5.32 Å². The van der Waals surface area contributed by atoms with Crippen molar-refractivity contribution in [3.63, 3.8) is 0 Å². The molecule has 0 spiro atoms. The summed E-state index contributed by atoms with van der Waals surface area (Å²) in [4.78, 5) is 0. The van der Waals surface area contributed by atoms with Crippen LogP contribution in [0.3, 0.4) is 0 Å². The van der Waals surface area contributed by atoms with Crippen LogP contribution in [-0.4, -0.2) is 27.0 Å². The molecule has 3 unspecified atom stereocenters. The molecule has 0 saturated heterocycles. The Hall–Kier alpha value is -0.870. The van der Waals surface area contributed by atoms with E-state index < -0.39 is 9.84 Å². The van der Waals surface area contributed by atoms with Crippen LogP contribution in [0.2, 0.25) is 0 Å². The molecular weight excluding hydrogens is 270 g/mol. The first-order valence-corrected chi connectivity index (χ1v) is 9.30. The first-order valence-electron chi connectivity index (χ1n) is 7.34. The van der Waals surface area contributed by atoms with E-state index in [1.54, 1.807) is 0 Å². The molecule has 4 heteroatoms. The third-order valence-electron chi connectivity index (χ3n) is 4.46. The van der Waals surface area contributed by atoms with Gasteiger partial charge in [-0.3, -0.25) is 0 Å². The van der Waals surface area contributed by atoms with Crippen LogP contribution in [0, 0.1) is 12.8 Å². The second-order valence-corrected chi connectivity index (χ2v) is 8.38. The Morgan fingerprint density at radius 2 is 2.05 bits per heavy atom. The lowest BCUT2D eigenvalue weighted by Crippen LogP contribution is -2.34. The Morgan fingerprint density at radius 3 is 2.65 bits per heavy atom. The number of benzene rings is 1. The molecule has 0 bridgehead atoms. The highest BCUT2D eigenvalue weighted by molar-refractivity contribution is 7.91. The molecule has 0 amide bonds. The van der Waals surface area contributed by atoms with Gasteiger partial charge in [0.15, 0.2) is 0 Å². The van der Waals surface area contributed by atoms with Crippen LogP contribution in [-0.2, 0) is 9.84 Å². The van der Waals surface area contributed by atoms with Gasteiger partial charge in [0.05, 0.1) is 5.25 Å². The smallest absolute Gasteiger partial charge is 0.150 e. The van der Waals surface area contributed by atoms with Crippen molar-refractivity contribution in [1.82, 2.24) is 5.32 Å². The quantitative estimate of drug-likeness (QED) is 0.929. The van der Waals surface area contributed by atoms with Crippen molar-refractivity contribution in [2.24, 2.45) is 5.92 Å². The van der Waals surface area contributed by atoms with Gasteiger partial charge in [-0.1, -0.05) is 36.2 Å². The first-order chi connectivity index (χ1) is 9.41. The molecule has 1 aromatic carbocycles. The predicted octanol–water partition coefficient (Wildman–Crippen LogP) is 2.86. The highest BCUT2D eigenvalue weighted by atomic mass is 32.2. The van der Waals surface area contributed by atoms with Crippen molar-refractivity contribution in [1.29, 1.82) is 0 Å². The Morgan fingerprint density at radius 1 is 1.30 bits per heavy atom. The average molecular weight is 295 g/mol. The number of sulfone groups is 1. The third-order valence-corrected chi connectivity index (χ3v) is 6.09. The zero-order valence-electron chi connectivity index (χ0n) is 12.6. The summed E-state index contributed by atoms with van der Waals surface area (Å²) in [6.45, 7) is 2.09. The number of aryl methyl sites for hydroxylation is 1. The maximum atomic E-state index is 11.8. The lowest BCUT2D eigenvalue weighted by molar-refractivity contribution is 0.282. The molecule has 3 nitrogen and oxygen atoms in total. The molecule has 1 aromatic rings. The largest absolute Gasteiger partial charge is 0.313 e. The molecule has 0 radical (unpaired) electrons. The van der Waals surface area contributed by atoms with E-state index in [1.165, 1.54) is 17.4 Å². The second-order valence-electron chi connectivity index (χ2n) is 6.06. The fraction of sp³-hybridized carbons (Fsp3) is 0.625. The summed E-state index contributed by atoms with van der Waals surface area (Å²) in [6, 6.07) is 8.76. The van der Waals surface area contributed by atoms with E-state index in [9.17, 15) is 8.42 Å². The zero-order chi connectivity index (χ0) is 14.8. The summed E-state index contributed by atoms with van der Waals surface area (Å²) in [6.07, 6.45) is 5.08. The Labute approximate surface area is 122 Å². The van der Waals surface area contributed by atoms with Gasteiger partial charge in [0.2, 0.25) is 0 Å². The average Bonchev–Trinajstić information content (AvgIpc) is 2.39. The molecule has 112 valence electrons. The van der Waals surface area contributed by atoms with Gasteiger partial charge < -0.3 is 5.32 Å². The highest BCUT2D eigenvalue weighted by Gasteiger charge is 2.33. The Bertz CT molecular complexity index is 553. The molecule has 0 aromatic heterocycles. The van der Waals surface area contributed by atoms with Crippen LogP contribution in [0.4, 0.5) is 0 Å². The van der Waals surface area contributed by atoms with Crippen molar-refractivity contribution < 1.29 is 8.42 Å². The Balaban J connectivity index is 2.19. The fourth-order valence-corrected chi connectivity index (χ4v) is 4.60. The van der Waals surface area contributed by atoms with E-state index in [0.29, 0.717) is 5.92 Å². The van der Waals surface area contributed by atoms with Crippen molar-refractivity contribution >= 4 is 9.84 Å². The van der Waals surface area contributed by atoms with Gasteiger partial charge >= 0.3 is 0 Å². The lowest BCUT2D eigenvalue weighted by Gasteiger charge is -2.34.